The average Bonchev–Trinajstić information content (AvgIpc) is 2.47. The Labute approximate surface area is 125 Å². The highest BCUT2D eigenvalue weighted by molar-refractivity contribution is 9.10. The van der Waals surface area contributed by atoms with E-state index in [0.717, 1.165) is 15.9 Å². The highest BCUT2D eigenvalue weighted by Crippen LogP contribution is 2.28. The minimum absolute atomic E-state index is 0.397. The summed E-state index contributed by atoms with van der Waals surface area (Å²) in [6, 6.07) is 8.78. The van der Waals surface area contributed by atoms with Crippen molar-refractivity contribution in [2.24, 2.45) is 0 Å². The number of carbonyl (C=O) groups is 1. The number of nitrogens with one attached hydrogen (secondary N) is 1. The minimum atomic E-state index is -0.397. The molecule has 2 aromatic rings. The number of aromatic nitrogens is 1. The van der Waals surface area contributed by atoms with Gasteiger partial charge in [-0.25, -0.2) is 9.78 Å². The van der Waals surface area contributed by atoms with E-state index in [0.29, 0.717) is 11.4 Å². The normalized spacial score (nSPS) is 9.95. The second-order valence-corrected chi connectivity index (χ2v) is 4.75. The first-order valence-corrected chi connectivity index (χ1v) is 6.58. The summed E-state index contributed by atoms with van der Waals surface area (Å²) in [6.07, 6.45) is 1.55. The maximum absolute atomic E-state index is 11.5. The van der Waals surface area contributed by atoms with Crippen LogP contribution in [0.2, 0.25) is 0 Å². The zero-order valence-corrected chi connectivity index (χ0v) is 12.6. The van der Waals surface area contributed by atoms with Crippen LogP contribution in [-0.2, 0) is 4.74 Å². The van der Waals surface area contributed by atoms with Crippen molar-refractivity contribution in [3.05, 3.63) is 46.6 Å². The molecule has 0 aliphatic rings. The second kappa shape index (κ2) is 6.38. The summed E-state index contributed by atoms with van der Waals surface area (Å²) in [7, 11) is 2.95. The van der Waals surface area contributed by atoms with Gasteiger partial charge in [0, 0.05) is 11.9 Å². The van der Waals surface area contributed by atoms with Gasteiger partial charge in [-0.15, -0.1) is 0 Å². The van der Waals surface area contributed by atoms with E-state index in [-0.39, 0.29) is 0 Å². The summed E-state index contributed by atoms with van der Waals surface area (Å²) < 4.78 is 10.7. The molecule has 5 nitrogen and oxygen atoms in total. The molecule has 2 rings (SSSR count). The van der Waals surface area contributed by atoms with Gasteiger partial charge in [-0.1, -0.05) is 0 Å². The lowest BCUT2D eigenvalue weighted by molar-refractivity contribution is 0.0600. The zero-order chi connectivity index (χ0) is 14.5. The van der Waals surface area contributed by atoms with Gasteiger partial charge in [-0.2, -0.15) is 0 Å². The number of rotatable bonds is 4. The Kier molecular flexibility index (Phi) is 4.57. The summed E-state index contributed by atoms with van der Waals surface area (Å²) >= 11 is 3.41. The van der Waals surface area contributed by atoms with Gasteiger partial charge < -0.3 is 14.8 Å². The molecule has 0 unspecified atom stereocenters. The summed E-state index contributed by atoms with van der Waals surface area (Å²) in [5.74, 6) is 0.906. The Morgan fingerprint density at radius 2 is 2.05 bits per heavy atom. The van der Waals surface area contributed by atoms with E-state index in [2.05, 4.69) is 31.0 Å². The van der Waals surface area contributed by atoms with Gasteiger partial charge in [-0.3, -0.25) is 0 Å². The number of hydrogen-bond donors (Lipinski definition) is 1. The molecule has 1 N–H and O–H groups in total. The van der Waals surface area contributed by atoms with E-state index in [9.17, 15) is 4.79 Å². The van der Waals surface area contributed by atoms with Crippen LogP contribution in [0, 0.1) is 0 Å². The van der Waals surface area contributed by atoms with Crippen LogP contribution < -0.4 is 10.1 Å². The third kappa shape index (κ3) is 3.27. The highest BCUT2D eigenvalue weighted by atomic mass is 79.9. The Morgan fingerprint density at radius 1 is 1.25 bits per heavy atom. The average molecular weight is 337 g/mol. The number of halogens is 1. The highest BCUT2D eigenvalue weighted by Gasteiger charge is 2.07. The quantitative estimate of drug-likeness (QED) is 0.867. The Hall–Kier alpha value is -2.08. The van der Waals surface area contributed by atoms with Crippen LogP contribution in [0.4, 0.5) is 11.5 Å². The van der Waals surface area contributed by atoms with Crippen LogP contribution >= 0.6 is 15.9 Å². The SMILES string of the molecule is COC(=O)c1ccnc(Nc2ccc(OC)c(Br)c2)c1. The first kappa shape index (κ1) is 14.3. The maximum Gasteiger partial charge on any atom is 0.338 e. The van der Waals surface area contributed by atoms with Crippen LogP contribution in [0.1, 0.15) is 10.4 Å². The third-order valence-electron chi connectivity index (χ3n) is 2.61. The number of carbonyl (C=O) groups excluding carboxylic acids is 1. The Balaban J connectivity index is 2.21. The topological polar surface area (TPSA) is 60.5 Å². The molecule has 20 heavy (non-hydrogen) atoms. The maximum atomic E-state index is 11.5. The van der Waals surface area contributed by atoms with Gasteiger partial charge in [0.25, 0.3) is 0 Å². The van der Waals surface area contributed by atoms with Gasteiger partial charge in [0.05, 0.1) is 24.3 Å². The van der Waals surface area contributed by atoms with Crippen molar-refractivity contribution in [1.29, 1.82) is 0 Å². The smallest absolute Gasteiger partial charge is 0.338 e. The predicted octanol–water partition coefficient (Wildman–Crippen LogP) is 3.38. The molecule has 1 aromatic heterocycles. The van der Waals surface area contributed by atoms with E-state index < -0.39 is 5.97 Å². The first-order valence-electron chi connectivity index (χ1n) is 5.79. The molecular formula is C14H13BrN2O3. The molecule has 0 saturated carbocycles. The number of esters is 1. The molecule has 1 aromatic carbocycles. The summed E-state index contributed by atoms with van der Waals surface area (Å²) in [5.41, 5.74) is 1.27. The second-order valence-electron chi connectivity index (χ2n) is 3.90. The molecule has 0 amide bonds. The third-order valence-corrected chi connectivity index (χ3v) is 3.22. The van der Waals surface area contributed by atoms with E-state index >= 15 is 0 Å². The van der Waals surface area contributed by atoms with Gasteiger partial charge in [0.15, 0.2) is 0 Å². The van der Waals surface area contributed by atoms with Crippen molar-refractivity contribution in [2.75, 3.05) is 19.5 Å². The monoisotopic (exact) mass is 336 g/mol. The fourth-order valence-electron chi connectivity index (χ4n) is 1.64. The van der Waals surface area contributed by atoms with Gasteiger partial charge in [0.1, 0.15) is 11.6 Å². The van der Waals surface area contributed by atoms with E-state index in [4.69, 9.17) is 4.74 Å². The molecule has 0 aliphatic heterocycles. The van der Waals surface area contributed by atoms with Crippen molar-refractivity contribution in [2.45, 2.75) is 0 Å². The van der Waals surface area contributed by atoms with E-state index in [1.54, 1.807) is 25.4 Å². The Morgan fingerprint density at radius 3 is 2.70 bits per heavy atom. The molecule has 0 bridgehead atoms. The van der Waals surface area contributed by atoms with Crippen molar-refractivity contribution >= 4 is 33.4 Å². The van der Waals surface area contributed by atoms with Crippen LogP contribution in [-0.4, -0.2) is 25.2 Å². The van der Waals surface area contributed by atoms with Gasteiger partial charge in [-0.05, 0) is 46.3 Å². The van der Waals surface area contributed by atoms with Crippen LogP contribution in [0.15, 0.2) is 41.0 Å². The van der Waals surface area contributed by atoms with Gasteiger partial charge >= 0.3 is 5.97 Å². The molecule has 0 atom stereocenters. The van der Waals surface area contributed by atoms with E-state index in [1.165, 1.54) is 7.11 Å². The molecule has 6 heteroatoms. The molecule has 0 radical (unpaired) electrons. The summed E-state index contributed by atoms with van der Waals surface area (Å²) in [5, 5.41) is 3.11. The lowest BCUT2D eigenvalue weighted by Gasteiger charge is -2.09. The lowest BCUT2D eigenvalue weighted by atomic mass is 10.2. The Bertz CT molecular complexity index is 632. The molecule has 1 heterocycles. The molecule has 0 spiro atoms. The number of benzene rings is 1. The fraction of sp³-hybridized carbons (Fsp3) is 0.143. The van der Waals surface area contributed by atoms with Crippen LogP contribution in [0.25, 0.3) is 0 Å². The van der Waals surface area contributed by atoms with Crippen molar-refractivity contribution in [3.63, 3.8) is 0 Å². The molecule has 0 saturated heterocycles. The van der Waals surface area contributed by atoms with Crippen LogP contribution in [0.3, 0.4) is 0 Å². The first-order chi connectivity index (χ1) is 9.63. The molecule has 0 fully saturated rings. The van der Waals surface area contributed by atoms with E-state index in [1.807, 2.05) is 18.2 Å². The number of pyridine rings is 1. The van der Waals surface area contributed by atoms with Crippen LogP contribution in [0.5, 0.6) is 5.75 Å². The summed E-state index contributed by atoms with van der Waals surface area (Å²) in [4.78, 5) is 15.6. The minimum Gasteiger partial charge on any atom is -0.496 e. The largest absolute Gasteiger partial charge is 0.496 e. The number of anilines is 2. The zero-order valence-electron chi connectivity index (χ0n) is 11.0. The van der Waals surface area contributed by atoms with Gasteiger partial charge in [0.2, 0.25) is 0 Å². The molecule has 0 aliphatic carbocycles. The standard InChI is InChI=1S/C14H13BrN2O3/c1-19-12-4-3-10(8-11(12)15)17-13-7-9(5-6-16-13)14(18)20-2/h3-8H,1-2H3,(H,16,17). The lowest BCUT2D eigenvalue weighted by Crippen LogP contribution is -2.03. The number of methoxy groups -OCH3 is 2. The number of ether oxygens (including phenoxy) is 2. The van der Waals surface area contributed by atoms with Crippen molar-refractivity contribution in [3.8, 4) is 5.75 Å². The molecule has 104 valence electrons. The fourth-order valence-corrected chi connectivity index (χ4v) is 2.18. The molecular weight excluding hydrogens is 324 g/mol. The number of hydrogen-bond acceptors (Lipinski definition) is 5. The summed E-state index contributed by atoms with van der Waals surface area (Å²) in [6.45, 7) is 0. The van der Waals surface area contributed by atoms with Crippen molar-refractivity contribution < 1.29 is 14.3 Å². The predicted molar refractivity (Wildman–Crippen MR) is 79.6 cm³/mol. The van der Waals surface area contributed by atoms with Crippen molar-refractivity contribution in [1.82, 2.24) is 4.98 Å². The number of nitrogens with zero attached hydrogens (tertiary/aromatic N) is 1.